The van der Waals surface area contributed by atoms with E-state index >= 15 is 0 Å². The summed E-state index contributed by atoms with van der Waals surface area (Å²) in [6.45, 7) is 1.62. The van der Waals surface area contributed by atoms with Gasteiger partial charge in [0.1, 0.15) is 23.3 Å². The highest BCUT2D eigenvalue weighted by Crippen LogP contribution is 2.65. The molecule has 1 aliphatic heterocycles. The monoisotopic (exact) mass is 458 g/mol. The number of nitrogens with one attached hydrogen (secondary N) is 1. The predicted octanol–water partition coefficient (Wildman–Crippen LogP) is 3.87. The van der Waals surface area contributed by atoms with Crippen LogP contribution in [0.4, 0.5) is 5.69 Å². The summed E-state index contributed by atoms with van der Waals surface area (Å²) >= 11 is 0. The van der Waals surface area contributed by atoms with Gasteiger partial charge in [0.15, 0.2) is 0 Å². The Bertz CT molecular complexity index is 1150. The number of carbonyl (C=O) groups is 3. The minimum atomic E-state index is -0.864. The van der Waals surface area contributed by atoms with Crippen molar-refractivity contribution < 1.29 is 23.9 Å². The maximum absolute atomic E-state index is 13.2. The summed E-state index contributed by atoms with van der Waals surface area (Å²) in [7, 11) is 1.61. The maximum atomic E-state index is 13.2. The number of amides is 3. The van der Waals surface area contributed by atoms with Gasteiger partial charge in [-0.1, -0.05) is 12.2 Å². The van der Waals surface area contributed by atoms with E-state index in [2.05, 4.69) is 17.5 Å². The molecule has 34 heavy (non-hydrogen) atoms. The van der Waals surface area contributed by atoms with Crippen molar-refractivity contribution >= 4 is 23.4 Å². The molecule has 2 aromatic rings. The van der Waals surface area contributed by atoms with Crippen LogP contribution in [0, 0.1) is 35.5 Å². The van der Waals surface area contributed by atoms with Gasteiger partial charge in [0.05, 0.1) is 18.9 Å². The molecule has 7 atom stereocenters. The van der Waals surface area contributed by atoms with Crippen LogP contribution in [0.15, 0.2) is 60.7 Å². The number of hydrogen-bond donors (Lipinski definition) is 1. The fourth-order valence-corrected chi connectivity index (χ4v) is 6.11. The molecule has 0 spiro atoms. The van der Waals surface area contributed by atoms with Crippen LogP contribution in [0.1, 0.15) is 13.3 Å². The molecule has 1 N–H and O–H groups in total. The third-order valence-corrected chi connectivity index (χ3v) is 7.88. The van der Waals surface area contributed by atoms with Crippen LogP contribution in [0.3, 0.4) is 0 Å². The maximum Gasteiger partial charge on any atom is 0.247 e. The van der Waals surface area contributed by atoms with Crippen LogP contribution in [-0.4, -0.2) is 35.8 Å². The second-order valence-electron chi connectivity index (χ2n) is 9.67. The highest BCUT2D eigenvalue weighted by molar-refractivity contribution is 6.10. The summed E-state index contributed by atoms with van der Waals surface area (Å²) in [4.78, 5) is 40.6. The number of ether oxygens (including phenoxy) is 2. The Hall–Kier alpha value is -3.61. The quantitative estimate of drug-likeness (QED) is 0.525. The number of nitrogens with zero attached hydrogens (tertiary/aromatic N) is 1. The smallest absolute Gasteiger partial charge is 0.247 e. The first-order valence-electron chi connectivity index (χ1n) is 11.7. The first-order valence-corrected chi connectivity index (χ1v) is 11.7. The lowest BCUT2D eigenvalue weighted by Gasteiger charge is -2.37. The van der Waals surface area contributed by atoms with Crippen LogP contribution in [0.2, 0.25) is 0 Å². The molecule has 1 saturated heterocycles. The minimum Gasteiger partial charge on any atom is -0.497 e. The summed E-state index contributed by atoms with van der Waals surface area (Å²) in [6, 6.07) is 13.3. The molecule has 4 aliphatic carbocycles. The van der Waals surface area contributed by atoms with Gasteiger partial charge in [0, 0.05) is 5.69 Å². The SMILES string of the molecule is COc1ccc(Oc2ccc(NC(=O)[C@@H](C)N3C(=O)[C@@H]4[C@@H]5C=C[C@H]([C@H]6C[C@@H]56)[C@@H]4C3=O)cc2)cc1. The zero-order valence-corrected chi connectivity index (χ0v) is 19.0. The topological polar surface area (TPSA) is 84.9 Å². The molecule has 2 saturated carbocycles. The van der Waals surface area contributed by atoms with E-state index in [0.29, 0.717) is 29.0 Å². The molecule has 7 nitrogen and oxygen atoms in total. The van der Waals surface area contributed by atoms with Crippen LogP contribution in [-0.2, 0) is 14.4 Å². The Morgan fingerprint density at radius 2 is 1.38 bits per heavy atom. The average molecular weight is 459 g/mol. The summed E-state index contributed by atoms with van der Waals surface area (Å²) in [6.07, 6.45) is 5.38. The molecular weight excluding hydrogens is 432 g/mol. The highest BCUT2D eigenvalue weighted by Gasteiger charge is 2.67. The summed E-state index contributed by atoms with van der Waals surface area (Å²) in [5.41, 5.74) is 0.568. The normalized spacial score (nSPS) is 31.1. The summed E-state index contributed by atoms with van der Waals surface area (Å²) < 4.78 is 11.0. The van der Waals surface area contributed by atoms with Crippen LogP contribution >= 0.6 is 0 Å². The van der Waals surface area contributed by atoms with E-state index in [4.69, 9.17) is 9.47 Å². The highest BCUT2D eigenvalue weighted by atomic mass is 16.5. The van der Waals surface area contributed by atoms with Gasteiger partial charge in [0.25, 0.3) is 0 Å². The zero-order chi connectivity index (χ0) is 23.6. The Morgan fingerprint density at radius 3 is 1.91 bits per heavy atom. The molecule has 0 unspecified atom stereocenters. The number of methoxy groups -OCH3 is 1. The molecule has 1 heterocycles. The molecule has 7 rings (SSSR count). The molecule has 174 valence electrons. The third kappa shape index (κ3) is 3.22. The first kappa shape index (κ1) is 21.0. The van der Waals surface area contributed by atoms with Gasteiger partial charge in [-0.05, 0) is 85.5 Å². The van der Waals surface area contributed by atoms with E-state index < -0.39 is 6.04 Å². The van der Waals surface area contributed by atoms with Crippen LogP contribution in [0.25, 0.3) is 0 Å². The molecule has 3 fully saturated rings. The van der Waals surface area contributed by atoms with E-state index in [0.717, 1.165) is 12.2 Å². The Balaban J connectivity index is 1.11. The third-order valence-electron chi connectivity index (χ3n) is 7.88. The van der Waals surface area contributed by atoms with Crippen molar-refractivity contribution in [1.29, 1.82) is 0 Å². The molecule has 3 amide bonds. The number of allylic oxidation sites excluding steroid dienone is 2. The van der Waals surface area contributed by atoms with E-state index in [9.17, 15) is 14.4 Å². The lowest BCUT2D eigenvalue weighted by atomic mass is 9.63. The largest absolute Gasteiger partial charge is 0.497 e. The molecule has 2 bridgehead atoms. The average Bonchev–Trinajstić information content (AvgIpc) is 3.63. The number of imide groups is 1. The number of likely N-dealkylation sites (tertiary alicyclic amines) is 1. The van der Waals surface area contributed by atoms with Gasteiger partial charge in [-0.15, -0.1) is 0 Å². The first-order chi connectivity index (χ1) is 16.5. The lowest BCUT2D eigenvalue weighted by molar-refractivity contribution is -0.146. The van der Waals surface area contributed by atoms with Gasteiger partial charge in [-0.25, -0.2) is 0 Å². The van der Waals surface area contributed by atoms with Crippen LogP contribution < -0.4 is 14.8 Å². The predicted molar refractivity (Wildman–Crippen MR) is 124 cm³/mol. The fraction of sp³-hybridized carbons (Fsp3) is 0.370. The second-order valence-corrected chi connectivity index (χ2v) is 9.67. The van der Waals surface area contributed by atoms with Gasteiger partial charge < -0.3 is 14.8 Å². The number of carbonyl (C=O) groups excluding carboxylic acids is 3. The molecular formula is C27H26N2O5. The second kappa shape index (κ2) is 7.72. The van der Waals surface area contributed by atoms with Crippen molar-refractivity contribution in [3.8, 4) is 17.2 Å². The van der Waals surface area contributed by atoms with Gasteiger partial charge in [-0.3, -0.25) is 19.3 Å². The summed E-state index contributed by atoms with van der Waals surface area (Å²) in [5, 5.41) is 2.83. The van der Waals surface area contributed by atoms with Crippen molar-refractivity contribution in [3.05, 3.63) is 60.7 Å². The van der Waals surface area contributed by atoms with Crippen molar-refractivity contribution in [3.63, 3.8) is 0 Å². The number of benzene rings is 2. The van der Waals surface area contributed by atoms with E-state index in [1.54, 1.807) is 38.3 Å². The lowest BCUT2D eigenvalue weighted by Crippen LogP contribution is -2.46. The van der Waals surface area contributed by atoms with E-state index in [-0.39, 0.29) is 41.4 Å². The Morgan fingerprint density at radius 1 is 0.882 bits per heavy atom. The number of hydrogen-bond acceptors (Lipinski definition) is 5. The van der Waals surface area contributed by atoms with Crippen molar-refractivity contribution in [1.82, 2.24) is 4.90 Å². The Kier molecular flexibility index (Phi) is 4.76. The summed E-state index contributed by atoms with van der Waals surface area (Å²) in [5.74, 6) is 2.05. The molecule has 0 aromatic heterocycles. The van der Waals surface area contributed by atoms with Gasteiger partial charge >= 0.3 is 0 Å². The van der Waals surface area contributed by atoms with Crippen molar-refractivity contribution in [2.75, 3.05) is 12.4 Å². The fourth-order valence-electron chi connectivity index (χ4n) is 6.11. The molecule has 0 radical (unpaired) electrons. The van der Waals surface area contributed by atoms with Gasteiger partial charge in [-0.2, -0.15) is 0 Å². The van der Waals surface area contributed by atoms with Gasteiger partial charge in [0.2, 0.25) is 17.7 Å². The zero-order valence-electron chi connectivity index (χ0n) is 19.0. The van der Waals surface area contributed by atoms with E-state index in [1.165, 1.54) is 4.90 Å². The van der Waals surface area contributed by atoms with Crippen LogP contribution in [0.5, 0.6) is 17.2 Å². The molecule has 7 heteroatoms. The minimum absolute atomic E-state index is 0.148. The molecule has 2 aromatic carbocycles. The van der Waals surface area contributed by atoms with Crippen molar-refractivity contribution in [2.45, 2.75) is 19.4 Å². The van der Waals surface area contributed by atoms with E-state index in [1.807, 2.05) is 24.3 Å². The molecule has 5 aliphatic rings. The Labute approximate surface area is 197 Å². The van der Waals surface area contributed by atoms with Crippen molar-refractivity contribution in [2.24, 2.45) is 35.5 Å². The number of anilines is 1. The standard InChI is InChI=1S/C27H26N2O5/c1-14(29-26(31)23-19-11-12-20(22-13-21(19)22)24(23)27(29)32)25(30)28-15-3-5-17(6-4-15)34-18-9-7-16(33-2)8-10-18/h3-12,14,19-24H,13H2,1-2H3,(H,28,30)/t14-,19-,20-,21-,22+,23+,24-/m1/s1. The number of rotatable bonds is 6.